The Hall–Kier alpha value is -4.23. The van der Waals surface area contributed by atoms with E-state index in [1.807, 2.05) is 6.07 Å². The largest absolute Gasteiger partial charge is 0.506 e. The lowest BCUT2D eigenvalue weighted by atomic mass is 9.95. The number of nitriles is 1. The maximum Gasteiger partial charge on any atom is 0.417 e. The number of benzene rings is 3. The van der Waals surface area contributed by atoms with Gasteiger partial charge in [0.25, 0.3) is 0 Å². The van der Waals surface area contributed by atoms with Crippen LogP contribution >= 0.6 is 11.6 Å². The fourth-order valence-electron chi connectivity index (χ4n) is 3.76. The first-order chi connectivity index (χ1) is 18.7. The van der Waals surface area contributed by atoms with Gasteiger partial charge in [0.1, 0.15) is 18.1 Å². The molecule has 3 aromatic rings. The Morgan fingerprint density at radius 3 is 2.25 bits per heavy atom. The van der Waals surface area contributed by atoms with E-state index in [9.17, 15) is 31.4 Å². The maximum atomic E-state index is 13.6. The lowest BCUT2D eigenvalue weighted by Crippen LogP contribution is -2.15. The summed E-state index contributed by atoms with van der Waals surface area (Å²) in [7, 11) is 1.21. The summed E-state index contributed by atoms with van der Waals surface area (Å²) in [4.78, 5) is 3.87. The number of nitrogens with zero attached hydrogens (tertiary/aromatic N) is 2. The summed E-state index contributed by atoms with van der Waals surface area (Å²) in [5, 5.41) is 19.7. The van der Waals surface area contributed by atoms with Crippen LogP contribution in [0.2, 0.25) is 5.02 Å². The number of aliphatic imine (C=N–C) groups is 1. The van der Waals surface area contributed by atoms with Gasteiger partial charge in [0.05, 0.1) is 39.1 Å². The van der Waals surface area contributed by atoms with Crippen LogP contribution in [-0.4, -0.2) is 24.0 Å². The molecule has 0 heterocycles. The zero-order chi connectivity index (χ0) is 29.8. The molecule has 3 aromatic carbocycles. The Kier molecular flexibility index (Phi) is 9.00. The van der Waals surface area contributed by atoms with E-state index in [2.05, 4.69) is 11.6 Å². The van der Waals surface area contributed by atoms with Crippen LogP contribution in [-0.2, 0) is 12.8 Å². The van der Waals surface area contributed by atoms with Gasteiger partial charge < -0.3 is 9.84 Å². The van der Waals surface area contributed by atoms with Gasteiger partial charge in [-0.1, -0.05) is 36.4 Å². The summed E-state index contributed by atoms with van der Waals surface area (Å²) < 4.78 is 87.5. The zero-order valence-corrected chi connectivity index (χ0v) is 21.8. The Morgan fingerprint density at radius 2 is 1.73 bits per heavy atom. The summed E-state index contributed by atoms with van der Waals surface area (Å²) in [6.45, 7) is 4.41. The number of allylic oxidation sites excluding steroid dienone is 3. The molecule has 40 heavy (non-hydrogen) atoms. The molecule has 0 unspecified atom stereocenters. The average Bonchev–Trinajstić information content (AvgIpc) is 2.87. The van der Waals surface area contributed by atoms with Crippen molar-refractivity contribution in [3.05, 3.63) is 106 Å². The third-order valence-electron chi connectivity index (χ3n) is 5.74. The molecule has 4 nitrogen and oxygen atoms in total. The molecule has 11 heteroatoms. The van der Waals surface area contributed by atoms with Gasteiger partial charge in [0.15, 0.2) is 0 Å². The van der Waals surface area contributed by atoms with Crippen molar-refractivity contribution in [2.75, 3.05) is 7.05 Å². The Balaban J connectivity index is 2.22. The number of phenols is 1. The molecule has 0 saturated heterocycles. The van der Waals surface area contributed by atoms with E-state index in [0.29, 0.717) is 23.3 Å². The predicted molar refractivity (Wildman–Crippen MR) is 140 cm³/mol. The topological polar surface area (TPSA) is 65.6 Å². The standard InChI is InChI=1S/C29H21ClF6N2O2/c1-16(2)21(28(31,32)33)13-24(38-3)20-9-11-25(40-15-18-6-4-17(14-37)5-7-18)26(27(20)39)19-8-10-23(30)22(12-19)29(34,35)36/h4-13,39H,1,15H2,2-3H3/b21-13+,38-24?. The van der Waals surface area contributed by atoms with Gasteiger partial charge in [-0.2, -0.15) is 31.6 Å². The summed E-state index contributed by atoms with van der Waals surface area (Å²) >= 11 is 5.77. The summed E-state index contributed by atoms with van der Waals surface area (Å²) in [6, 6.07) is 13.8. The van der Waals surface area contributed by atoms with E-state index in [-0.39, 0.29) is 40.3 Å². The second-order valence-electron chi connectivity index (χ2n) is 8.57. The average molecular weight is 579 g/mol. The van der Waals surface area contributed by atoms with Gasteiger partial charge in [-0.3, -0.25) is 4.99 Å². The quantitative estimate of drug-likeness (QED) is 0.173. The van der Waals surface area contributed by atoms with Crippen LogP contribution in [0.15, 0.2) is 83.4 Å². The molecule has 0 aliphatic heterocycles. The first-order valence-corrected chi connectivity index (χ1v) is 11.8. The van der Waals surface area contributed by atoms with Crippen molar-refractivity contribution in [2.45, 2.75) is 25.9 Å². The number of halogens is 7. The van der Waals surface area contributed by atoms with Crippen molar-refractivity contribution in [1.82, 2.24) is 0 Å². The minimum absolute atomic E-state index is 0.0589. The monoisotopic (exact) mass is 578 g/mol. The lowest BCUT2D eigenvalue weighted by molar-refractivity contribution is -0.137. The second kappa shape index (κ2) is 11.9. The molecule has 208 valence electrons. The SMILES string of the molecule is C=C(C)/C(=C\C(=NC)c1ccc(OCc2ccc(C#N)cc2)c(-c2ccc(Cl)c(C(F)(F)F)c2)c1O)C(F)(F)F. The number of hydrogen-bond acceptors (Lipinski definition) is 4. The van der Waals surface area contributed by atoms with E-state index in [0.717, 1.165) is 13.0 Å². The number of alkyl halides is 6. The van der Waals surface area contributed by atoms with Crippen LogP contribution in [0.5, 0.6) is 11.5 Å². The molecule has 0 amide bonds. The summed E-state index contributed by atoms with van der Waals surface area (Å²) in [5.74, 6) is -0.718. The molecule has 0 aliphatic rings. The van der Waals surface area contributed by atoms with Crippen LogP contribution in [0.4, 0.5) is 26.3 Å². The van der Waals surface area contributed by atoms with Gasteiger partial charge >= 0.3 is 12.4 Å². The van der Waals surface area contributed by atoms with Crippen molar-refractivity contribution in [1.29, 1.82) is 5.26 Å². The fourth-order valence-corrected chi connectivity index (χ4v) is 3.98. The first-order valence-electron chi connectivity index (χ1n) is 11.4. The van der Waals surface area contributed by atoms with Crippen LogP contribution in [0.25, 0.3) is 11.1 Å². The molecule has 0 spiro atoms. The molecule has 0 aromatic heterocycles. The highest BCUT2D eigenvalue weighted by Gasteiger charge is 2.35. The van der Waals surface area contributed by atoms with E-state index < -0.39 is 34.3 Å². The van der Waals surface area contributed by atoms with E-state index in [1.165, 1.54) is 25.2 Å². The lowest BCUT2D eigenvalue weighted by Gasteiger charge is -2.19. The number of aromatic hydroxyl groups is 1. The van der Waals surface area contributed by atoms with Crippen molar-refractivity contribution < 1.29 is 36.2 Å². The van der Waals surface area contributed by atoms with Gasteiger partial charge in [-0.05, 0) is 66.1 Å². The molecular formula is C29H21ClF6N2O2. The van der Waals surface area contributed by atoms with Crippen molar-refractivity contribution in [2.24, 2.45) is 4.99 Å². The summed E-state index contributed by atoms with van der Waals surface area (Å²) in [5.41, 5.74) is -2.42. The molecule has 0 aliphatic carbocycles. The highest BCUT2D eigenvalue weighted by molar-refractivity contribution is 6.31. The van der Waals surface area contributed by atoms with Gasteiger partial charge in [-0.15, -0.1) is 0 Å². The normalized spacial score (nSPS) is 12.7. The smallest absolute Gasteiger partial charge is 0.417 e. The van der Waals surface area contributed by atoms with Gasteiger partial charge in [0, 0.05) is 12.6 Å². The van der Waals surface area contributed by atoms with Gasteiger partial charge in [0.2, 0.25) is 0 Å². The van der Waals surface area contributed by atoms with Crippen LogP contribution in [0, 0.1) is 11.3 Å². The first kappa shape index (κ1) is 30.3. The second-order valence-corrected chi connectivity index (χ2v) is 8.98. The van der Waals surface area contributed by atoms with Crippen LogP contribution in [0.3, 0.4) is 0 Å². The van der Waals surface area contributed by atoms with E-state index >= 15 is 0 Å². The third-order valence-corrected chi connectivity index (χ3v) is 6.07. The summed E-state index contributed by atoms with van der Waals surface area (Å²) in [6.07, 6.45) is -8.91. The molecule has 1 N–H and O–H groups in total. The number of rotatable bonds is 7. The molecule has 0 radical (unpaired) electrons. The zero-order valence-electron chi connectivity index (χ0n) is 21.1. The maximum absolute atomic E-state index is 13.6. The van der Waals surface area contributed by atoms with Crippen LogP contribution in [0.1, 0.15) is 29.2 Å². The molecular weight excluding hydrogens is 558 g/mol. The van der Waals surface area contributed by atoms with E-state index in [4.69, 9.17) is 21.6 Å². The van der Waals surface area contributed by atoms with Crippen molar-refractivity contribution in [3.8, 4) is 28.7 Å². The van der Waals surface area contributed by atoms with Gasteiger partial charge in [-0.25, -0.2) is 0 Å². The van der Waals surface area contributed by atoms with E-state index in [1.54, 1.807) is 24.3 Å². The molecule has 0 atom stereocenters. The number of hydrogen-bond donors (Lipinski definition) is 1. The Morgan fingerprint density at radius 1 is 1.07 bits per heavy atom. The number of ether oxygens (including phenoxy) is 1. The molecule has 3 rings (SSSR count). The van der Waals surface area contributed by atoms with Crippen molar-refractivity contribution in [3.63, 3.8) is 0 Å². The highest BCUT2D eigenvalue weighted by atomic mass is 35.5. The highest BCUT2D eigenvalue weighted by Crippen LogP contribution is 2.44. The Bertz CT molecular complexity index is 1530. The number of phenolic OH excluding ortho intramolecular Hbond substituents is 1. The predicted octanol–water partition coefficient (Wildman–Crippen LogP) is 8.67. The van der Waals surface area contributed by atoms with Crippen molar-refractivity contribution >= 4 is 17.3 Å². The minimum atomic E-state index is -4.83. The fraction of sp³-hybridized carbons (Fsp3) is 0.172. The molecule has 0 bridgehead atoms. The molecule has 0 fully saturated rings. The Labute approximate surface area is 231 Å². The third kappa shape index (κ3) is 6.85. The minimum Gasteiger partial charge on any atom is -0.506 e. The van der Waals surface area contributed by atoms with Crippen LogP contribution < -0.4 is 4.74 Å². The molecule has 0 saturated carbocycles.